The van der Waals surface area contributed by atoms with Gasteiger partial charge in [-0.1, -0.05) is 6.92 Å². The first-order valence-electron chi connectivity index (χ1n) is 6.15. The highest BCUT2D eigenvalue weighted by Gasteiger charge is 2.37. The lowest BCUT2D eigenvalue weighted by atomic mass is 9.89. The first-order chi connectivity index (χ1) is 7.67. The van der Waals surface area contributed by atoms with Crippen molar-refractivity contribution in [1.82, 2.24) is 10.2 Å². The molecule has 0 aromatic heterocycles. The zero-order chi connectivity index (χ0) is 11.6. The van der Waals surface area contributed by atoms with E-state index in [-0.39, 0.29) is 24.6 Å². The highest BCUT2D eigenvalue weighted by Crippen LogP contribution is 2.28. The smallest absolute Gasteiger partial charge is 0.0971 e. The van der Waals surface area contributed by atoms with Crippen LogP contribution in [0, 0.1) is 5.41 Å². The van der Waals surface area contributed by atoms with Crippen molar-refractivity contribution in [3.8, 4) is 0 Å². The van der Waals surface area contributed by atoms with Gasteiger partial charge in [-0.3, -0.25) is 4.90 Å². The van der Waals surface area contributed by atoms with Crippen molar-refractivity contribution >= 4 is 12.4 Å². The van der Waals surface area contributed by atoms with Crippen LogP contribution in [-0.4, -0.2) is 64.1 Å². The zero-order valence-corrected chi connectivity index (χ0v) is 11.9. The van der Waals surface area contributed by atoms with Crippen LogP contribution in [0.5, 0.6) is 0 Å². The van der Waals surface area contributed by atoms with Crippen LogP contribution in [0.1, 0.15) is 13.3 Å². The van der Waals surface area contributed by atoms with E-state index in [2.05, 4.69) is 17.1 Å². The Morgan fingerprint density at radius 1 is 1.24 bits per heavy atom. The van der Waals surface area contributed by atoms with Crippen LogP contribution in [0.25, 0.3) is 0 Å². The van der Waals surface area contributed by atoms with Gasteiger partial charge in [-0.25, -0.2) is 0 Å². The fraction of sp³-hybridized carbons (Fsp3) is 1.00. The molecule has 2 saturated heterocycles. The van der Waals surface area contributed by atoms with Gasteiger partial charge in [0.2, 0.25) is 0 Å². The highest BCUT2D eigenvalue weighted by molar-refractivity contribution is 5.85. The molecule has 2 rings (SSSR count). The molecule has 0 aromatic rings. The van der Waals surface area contributed by atoms with Gasteiger partial charge in [0.05, 0.1) is 12.2 Å². The third kappa shape index (κ3) is 3.55. The van der Waals surface area contributed by atoms with Gasteiger partial charge in [-0.05, 0) is 18.4 Å². The van der Waals surface area contributed by atoms with Gasteiger partial charge in [0.1, 0.15) is 0 Å². The maximum absolute atomic E-state index is 5.46. The number of rotatable bonds is 4. The summed E-state index contributed by atoms with van der Waals surface area (Å²) in [5.74, 6) is 0. The molecule has 0 saturated carbocycles. The molecule has 0 aromatic carbocycles. The summed E-state index contributed by atoms with van der Waals surface area (Å²) in [6, 6.07) is 0. The summed E-state index contributed by atoms with van der Waals surface area (Å²) >= 11 is 0. The summed E-state index contributed by atoms with van der Waals surface area (Å²) in [6.45, 7) is 7.83. The van der Waals surface area contributed by atoms with Crippen LogP contribution in [0.2, 0.25) is 0 Å². The van der Waals surface area contributed by atoms with Crippen molar-refractivity contribution in [1.29, 1.82) is 0 Å². The Morgan fingerprint density at radius 2 is 1.82 bits per heavy atom. The second kappa shape index (κ2) is 6.34. The second-order valence-corrected chi connectivity index (χ2v) is 5.48. The van der Waals surface area contributed by atoms with E-state index in [0.717, 1.165) is 32.7 Å². The van der Waals surface area contributed by atoms with Crippen molar-refractivity contribution in [3.05, 3.63) is 0 Å². The Labute approximate surface area is 110 Å². The van der Waals surface area contributed by atoms with Crippen LogP contribution in [0.3, 0.4) is 0 Å². The molecule has 3 atom stereocenters. The van der Waals surface area contributed by atoms with Crippen molar-refractivity contribution < 1.29 is 9.47 Å². The molecule has 0 radical (unpaired) electrons. The average molecular weight is 265 g/mol. The average Bonchev–Trinajstić information content (AvgIpc) is 2.85. The number of nitrogens with one attached hydrogen (secondary N) is 1. The molecule has 0 bridgehead atoms. The first-order valence-corrected chi connectivity index (χ1v) is 6.15. The molecule has 2 aliphatic heterocycles. The van der Waals surface area contributed by atoms with Crippen molar-refractivity contribution in [3.63, 3.8) is 0 Å². The second-order valence-electron chi connectivity index (χ2n) is 5.48. The third-order valence-electron chi connectivity index (χ3n) is 3.96. The molecule has 0 amide bonds. The van der Waals surface area contributed by atoms with Gasteiger partial charge in [0, 0.05) is 40.4 Å². The predicted molar refractivity (Wildman–Crippen MR) is 70.9 cm³/mol. The highest BCUT2D eigenvalue weighted by atomic mass is 35.5. The molecule has 102 valence electrons. The third-order valence-corrected chi connectivity index (χ3v) is 3.96. The van der Waals surface area contributed by atoms with Crippen LogP contribution in [0.15, 0.2) is 0 Å². The van der Waals surface area contributed by atoms with E-state index in [1.807, 2.05) is 0 Å². The molecular weight excluding hydrogens is 240 g/mol. The number of methoxy groups -OCH3 is 2. The molecule has 4 nitrogen and oxygen atoms in total. The molecule has 0 spiro atoms. The van der Waals surface area contributed by atoms with Crippen molar-refractivity contribution in [2.24, 2.45) is 5.41 Å². The minimum Gasteiger partial charge on any atom is -0.377 e. The maximum Gasteiger partial charge on any atom is 0.0971 e. The standard InChI is InChI=1S/C12H24N2O2.ClH/c1-12(4-5-13-8-12)9-14-6-10(15-2)11(7-14)16-3;/h10-11,13H,4-9H2,1-3H3;1H/t10-,11+,12?;. The Bertz CT molecular complexity index is 223. The molecule has 17 heavy (non-hydrogen) atoms. The number of halogens is 1. The van der Waals surface area contributed by atoms with Gasteiger partial charge in [0.15, 0.2) is 0 Å². The monoisotopic (exact) mass is 264 g/mol. The SMILES string of the molecule is CO[C@H]1CN(CC2(C)CCNC2)C[C@H]1OC.Cl. The van der Waals surface area contributed by atoms with E-state index < -0.39 is 0 Å². The number of ether oxygens (including phenoxy) is 2. The Balaban J connectivity index is 0.00000144. The summed E-state index contributed by atoms with van der Waals surface area (Å²) in [5, 5.41) is 3.45. The maximum atomic E-state index is 5.46. The number of hydrogen-bond donors (Lipinski definition) is 1. The normalized spacial score (nSPS) is 38.3. The summed E-state index contributed by atoms with van der Waals surface area (Å²) in [6.07, 6.45) is 1.75. The molecular formula is C12H25ClN2O2. The fourth-order valence-corrected chi connectivity index (χ4v) is 2.94. The van der Waals surface area contributed by atoms with Crippen LogP contribution in [-0.2, 0) is 9.47 Å². The lowest BCUT2D eigenvalue weighted by Crippen LogP contribution is -2.36. The Kier molecular flexibility index (Phi) is 5.67. The Morgan fingerprint density at radius 3 is 2.24 bits per heavy atom. The summed E-state index contributed by atoms with van der Waals surface area (Å²) in [5.41, 5.74) is 0.431. The molecule has 2 fully saturated rings. The van der Waals surface area contributed by atoms with Crippen molar-refractivity contribution in [2.45, 2.75) is 25.6 Å². The topological polar surface area (TPSA) is 33.7 Å². The molecule has 2 heterocycles. The minimum absolute atomic E-state index is 0. The largest absolute Gasteiger partial charge is 0.377 e. The van der Waals surface area contributed by atoms with E-state index in [1.54, 1.807) is 14.2 Å². The summed E-state index contributed by atoms with van der Waals surface area (Å²) < 4.78 is 10.9. The van der Waals surface area contributed by atoms with Gasteiger partial charge < -0.3 is 14.8 Å². The minimum atomic E-state index is 0. The van der Waals surface area contributed by atoms with E-state index in [0.29, 0.717) is 5.41 Å². The molecule has 5 heteroatoms. The van der Waals surface area contributed by atoms with Gasteiger partial charge >= 0.3 is 0 Å². The summed E-state index contributed by atoms with van der Waals surface area (Å²) in [4.78, 5) is 2.48. The first kappa shape index (κ1) is 15.2. The van der Waals surface area contributed by atoms with E-state index in [9.17, 15) is 0 Å². The molecule has 2 aliphatic rings. The Hall–Kier alpha value is 0.130. The van der Waals surface area contributed by atoms with Crippen LogP contribution in [0.4, 0.5) is 0 Å². The zero-order valence-electron chi connectivity index (χ0n) is 11.1. The van der Waals surface area contributed by atoms with Gasteiger partial charge in [-0.2, -0.15) is 0 Å². The molecule has 1 unspecified atom stereocenters. The number of likely N-dealkylation sites (tertiary alicyclic amines) is 1. The number of hydrogen-bond acceptors (Lipinski definition) is 4. The number of nitrogens with zero attached hydrogens (tertiary/aromatic N) is 1. The van der Waals surface area contributed by atoms with Crippen LogP contribution < -0.4 is 5.32 Å². The van der Waals surface area contributed by atoms with E-state index >= 15 is 0 Å². The quantitative estimate of drug-likeness (QED) is 0.813. The molecule has 1 N–H and O–H groups in total. The van der Waals surface area contributed by atoms with Gasteiger partial charge in [-0.15, -0.1) is 12.4 Å². The van der Waals surface area contributed by atoms with E-state index in [1.165, 1.54) is 6.42 Å². The lowest BCUT2D eigenvalue weighted by molar-refractivity contribution is -0.00461. The van der Waals surface area contributed by atoms with Crippen LogP contribution >= 0.6 is 12.4 Å². The lowest BCUT2D eigenvalue weighted by Gasteiger charge is -2.28. The summed E-state index contributed by atoms with van der Waals surface area (Å²) in [7, 11) is 3.55. The van der Waals surface area contributed by atoms with E-state index in [4.69, 9.17) is 9.47 Å². The predicted octanol–water partition coefficient (Wildman–Crippen LogP) is 0.753. The van der Waals surface area contributed by atoms with Crippen molar-refractivity contribution in [2.75, 3.05) is 46.9 Å². The van der Waals surface area contributed by atoms with Gasteiger partial charge in [0.25, 0.3) is 0 Å². The molecule has 0 aliphatic carbocycles. The fourth-order valence-electron chi connectivity index (χ4n) is 2.94.